The Bertz CT molecular complexity index is 283. The van der Waals surface area contributed by atoms with Crippen LogP contribution in [0.2, 0.25) is 0 Å². The molecule has 1 heterocycles. The number of hydrogen-bond acceptors (Lipinski definition) is 0. The van der Waals surface area contributed by atoms with Crippen molar-refractivity contribution < 1.29 is 0 Å². The Labute approximate surface area is 55.5 Å². The number of para-hydroxylation sites is 1. The summed E-state index contributed by atoms with van der Waals surface area (Å²) in [5.41, 5.74) is 1.30. The Kier molecular flexibility index (Phi) is 0.992. The highest BCUT2D eigenvalue weighted by molar-refractivity contribution is 6.46. The quantitative estimate of drug-likeness (QED) is 0.520. The number of benzene rings is 1. The number of aromatic nitrogens is 1. The average molecular weight is 133 g/mol. The first kappa shape index (κ1) is 4.94. The Morgan fingerprint density at radius 1 is 1.22 bits per heavy atom. The Morgan fingerprint density at radius 2 is 2.11 bits per heavy atom. The van der Waals surface area contributed by atoms with Crippen LogP contribution in [-0.4, -0.2) is 14.1 Å². The third-order valence-corrected chi connectivity index (χ3v) is 2.66. The molecular formula is C7H7NSi. The van der Waals surface area contributed by atoms with Crippen molar-refractivity contribution in [2.75, 3.05) is 0 Å². The summed E-state index contributed by atoms with van der Waals surface area (Å²) in [6.07, 6.45) is 0. The number of hydrogen-bond donors (Lipinski definition) is 1. The summed E-state index contributed by atoms with van der Waals surface area (Å²) in [6, 6.07) is 8.45. The molecule has 0 radical (unpaired) electrons. The summed E-state index contributed by atoms with van der Waals surface area (Å²) in [5.74, 6) is 2.16. The van der Waals surface area contributed by atoms with Crippen LogP contribution in [-0.2, 0) is 0 Å². The number of aromatic amines is 1. The van der Waals surface area contributed by atoms with E-state index in [0.717, 1.165) is 0 Å². The highest BCUT2D eigenvalue weighted by atomic mass is 28.2. The van der Waals surface area contributed by atoms with E-state index >= 15 is 0 Å². The second-order valence-corrected chi connectivity index (χ2v) is 3.35. The fourth-order valence-corrected chi connectivity index (χ4v) is 2.02. The van der Waals surface area contributed by atoms with Gasteiger partial charge in [-0.2, -0.15) is 0 Å². The molecule has 1 aromatic heterocycles. The first-order valence-corrected chi connectivity index (χ1v) is 4.23. The van der Waals surface area contributed by atoms with Crippen LogP contribution in [0.15, 0.2) is 30.1 Å². The largest absolute Gasteiger partial charge is 0.366 e. The van der Waals surface area contributed by atoms with Crippen molar-refractivity contribution in [1.29, 1.82) is 0 Å². The van der Waals surface area contributed by atoms with Gasteiger partial charge in [-0.05, 0) is 16.9 Å². The van der Waals surface area contributed by atoms with E-state index in [-0.39, 0.29) is 0 Å². The van der Waals surface area contributed by atoms with Crippen LogP contribution < -0.4 is 0 Å². The van der Waals surface area contributed by atoms with Crippen molar-refractivity contribution in [2.24, 2.45) is 0 Å². The van der Waals surface area contributed by atoms with E-state index in [1.165, 1.54) is 10.5 Å². The van der Waals surface area contributed by atoms with Crippen LogP contribution in [0.5, 0.6) is 0 Å². The smallest absolute Gasteiger partial charge is 0.0526 e. The lowest BCUT2D eigenvalue weighted by Crippen LogP contribution is -1.64. The Morgan fingerprint density at radius 3 is 3.00 bits per heavy atom. The van der Waals surface area contributed by atoms with Gasteiger partial charge in [0.15, 0.2) is 0 Å². The number of H-pyrrole nitrogens is 1. The molecule has 2 rings (SSSR count). The maximum absolute atomic E-state index is 3.21. The molecule has 0 saturated carbocycles. The predicted molar refractivity (Wildman–Crippen MR) is 41.0 cm³/mol. The zero-order valence-corrected chi connectivity index (χ0v) is 6.12. The maximum atomic E-state index is 3.21. The van der Waals surface area contributed by atoms with E-state index in [0.29, 0.717) is 9.12 Å². The third-order valence-electron chi connectivity index (χ3n) is 1.46. The molecule has 0 aliphatic heterocycles. The van der Waals surface area contributed by atoms with Crippen LogP contribution in [0.3, 0.4) is 0 Å². The molecular weight excluding hydrogens is 126 g/mol. The van der Waals surface area contributed by atoms with Crippen molar-refractivity contribution in [3.8, 4) is 0 Å². The molecule has 0 atom stereocenters. The molecule has 0 unspecified atom stereocenters. The second-order valence-electron chi connectivity index (χ2n) is 2.06. The molecule has 1 aromatic carbocycles. The molecule has 2 aromatic rings. The Hall–Kier alpha value is -0.893. The molecule has 0 saturated heterocycles. The zero-order valence-electron chi connectivity index (χ0n) is 4.96. The number of fused-ring (bicyclic) bond motifs is 1. The maximum Gasteiger partial charge on any atom is 0.0526 e. The van der Waals surface area contributed by atoms with Crippen LogP contribution >= 0.6 is 0 Å². The van der Waals surface area contributed by atoms with Gasteiger partial charge in [0.05, 0.1) is 9.12 Å². The summed E-state index contributed by atoms with van der Waals surface area (Å²) in [5, 5.41) is 0. The van der Waals surface area contributed by atoms with Gasteiger partial charge in [0.25, 0.3) is 0 Å². The van der Waals surface area contributed by atoms with Crippen LogP contribution in [0, 0.1) is 0 Å². The first-order valence-electron chi connectivity index (χ1n) is 2.99. The molecule has 0 aliphatic rings. The normalized spacial score (nSPS) is 10.2. The summed E-state index contributed by atoms with van der Waals surface area (Å²) in [4.78, 5) is 4.70. The monoisotopic (exact) mass is 133 g/mol. The summed E-state index contributed by atoms with van der Waals surface area (Å²) < 4.78 is 0. The van der Waals surface area contributed by atoms with E-state index < -0.39 is 0 Å². The van der Waals surface area contributed by atoms with Crippen molar-refractivity contribution in [3.05, 3.63) is 30.1 Å². The van der Waals surface area contributed by atoms with Gasteiger partial charge in [-0.1, -0.05) is 18.2 Å². The minimum Gasteiger partial charge on any atom is -0.366 e. The van der Waals surface area contributed by atoms with Crippen molar-refractivity contribution in [2.45, 2.75) is 0 Å². The van der Waals surface area contributed by atoms with Crippen LogP contribution in [0.4, 0.5) is 0 Å². The molecule has 1 N–H and O–H groups in total. The molecule has 0 fully saturated rings. The van der Waals surface area contributed by atoms with Crippen molar-refractivity contribution in [1.82, 2.24) is 4.98 Å². The van der Waals surface area contributed by atoms with Crippen LogP contribution in [0.25, 0.3) is 10.5 Å². The van der Waals surface area contributed by atoms with Gasteiger partial charge < -0.3 is 4.98 Å². The highest BCUT2D eigenvalue weighted by Crippen LogP contribution is 2.04. The molecule has 0 bridgehead atoms. The lowest BCUT2D eigenvalue weighted by Gasteiger charge is -1.83. The molecule has 0 aliphatic carbocycles. The van der Waals surface area contributed by atoms with Gasteiger partial charge in [-0.25, -0.2) is 0 Å². The van der Waals surface area contributed by atoms with Gasteiger partial charge in [0.2, 0.25) is 0 Å². The standard InChI is InChI=1S/C7H7NSi/c1-2-4-7-6(3-1)8-5-9-7/h1-5,8-9H. The molecule has 1 nitrogen and oxygen atoms in total. The van der Waals surface area contributed by atoms with E-state index in [4.69, 9.17) is 0 Å². The lowest BCUT2D eigenvalue weighted by atomic mass is 10.3. The molecule has 2 heteroatoms. The van der Waals surface area contributed by atoms with Gasteiger partial charge in [0.1, 0.15) is 0 Å². The van der Waals surface area contributed by atoms with Crippen molar-refractivity contribution >= 4 is 19.6 Å². The number of nitrogens with one attached hydrogen (secondary N) is 1. The van der Waals surface area contributed by atoms with Crippen molar-refractivity contribution in [3.63, 3.8) is 0 Å². The summed E-state index contributed by atoms with van der Waals surface area (Å²) >= 11 is 0. The summed E-state index contributed by atoms with van der Waals surface area (Å²) in [6.45, 7) is 0. The average Bonchev–Trinajstić information content (AvgIpc) is 2.33. The minimum atomic E-state index is 0.400. The highest BCUT2D eigenvalue weighted by Gasteiger charge is 1.86. The predicted octanol–water partition coefficient (Wildman–Crippen LogP) is 1.24. The second kappa shape index (κ2) is 1.81. The van der Waals surface area contributed by atoms with Gasteiger partial charge in [-0.15, -0.1) is 0 Å². The van der Waals surface area contributed by atoms with E-state index in [9.17, 15) is 0 Å². The topological polar surface area (TPSA) is 15.8 Å². The van der Waals surface area contributed by atoms with Gasteiger partial charge >= 0.3 is 0 Å². The van der Waals surface area contributed by atoms with Crippen LogP contribution in [0.1, 0.15) is 0 Å². The minimum absolute atomic E-state index is 0.400. The fraction of sp³-hybridized carbons (Fsp3) is 0. The third kappa shape index (κ3) is 0.714. The van der Waals surface area contributed by atoms with E-state index in [2.05, 4.69) is 35.1 Å². The fourth-order valence-electron chi connectivity index (χ4n) is 0.995. The molecule has 9 heavy (non-hydrogen) atoms. The number of rotatable bonds is 0. The Balaban J connectivity index is 2.95. The van der Waals surface area contributed by atoms with Gasteiger partial charge in [-0.3, -0.25) is 0 Å². The molecule has 44 valence electrons. The SMILES string of the molecule is c1ccc2[siH]c[nH]c2c1. The van der Waals surface area contributed by atoms with Gasteiger partial charge in [0, 0.05) is 5.52 Å². The van der Waals surface area contributed by atoms with E-state index in [1.807, 2.05) is 0 Å². The lowest BCUT2D eigenvalue weighted by molar-refractivity contribution is 1.50. The first-order chi connectivity index (χ1) is 4.47. The molecule has 0 spiro atoms. The molecule has 0 amide bonds. The zero-order chi connectivity index (χ0) is 6.10. The summed E-state index contributed by atoms with van der Waals surface area (Å²) in [7, 11) is 0.400. The van der Waals surface area contributed by atoms with E-state index in [1.54, 1.807) is 0 Å².